The van der Waals surface area contributed by atoms with Crippen LogP contribution in [0.3, 0.4) is 0 Å². The zero-order chi connectivity index (χ0) is 30.7. The molecule has 3 atom stereocenters. The van der Waals surface area contributed by atoms with Crippen molar-refractivity contribution in [2.45, 2.75) is 56.8 Å². The Hall–Kier alpha value is -3.89. The van der Waals surface area contributed by atoms with Crippen LogP contribution in [0.15, 0.2) is 115 Å². The van der Waals surface area contributed by atoms with Gasteiger partial charge in [0.1, 0.15) is 11.8 Å². The second-order valence-electron chi connectivity index (χ2n) is 11.9. The van der Waals surface area contributed by atoms with Crippen LogP contribution in [0.2, 0.25) is 5.04 Å². The van der Waals surface area contributed by atoms with Gasteiger partial charge in [0.05, 0.1) is 25.5 Å². The number of nitrogens with two attached hydrogens (primary N) is 1. The zero-order valence-electron chi connectivity index (χ0n) is 24.8. The number of benzene rings is 3. The monoisotopic (exact) mass is 599 g/mol. The van der Waals surface area contributed by atoms with Crippen molar-refractivity contribution in [1.82, 2.24) is 9.55 Å². The van der Waals surface area contributed by atoms with Crippen LogP contribution in [-0.4, -0.2) is 36.2 Å². The van der Waals surface area contributed by atoms with Gasteiger partial charge in [-0.15, -0.1) is 6.58 Å². The standard InChI is InChI=1S/C34H38FN3O4Si/c1-5-34(24-41-43(33(2,3)4,26-17-11-7-12-18-26)27-19-13-8-14-20-27)29(40-23-25-15-9-6-10-16-25)21-30(42-34)38-22-28(35)31(36)37-32(38)39/h5-20,22,29-30H,1,21,23-24H2,2-4H3,(H2,36,37,39)/t29-,30+,34+/m0/s1. The molecule has 0 saturated carbocycles. The first kappa shape index (κ1) is 30.6. The van der Waals surface area contributed by atoms with E-state index in [2.05, 4.69) is 56.6 Å². The predicted octanol–water partition coefficient (Wildman–Crippen LogP) is 4.97. The van der Waals surface area contributed by atoms with E-state index in [4.69, 9.17) is 19.6 Å². The van der Waals surface area contributed by atoms with Gasteiger partial charge in [-0.25, -0.2) is 9.18 Å². The summed E-state index contributed by atoms with van der Waals surface area (Å²) in [5, 5.41) is 1.95. The van der Waals surface area contributed by atoms with E-state index in [1.165, 1.54) is 0 Å². The Labute approximate surface area is 252 Å². The first-order valence-electron chi connectivity index (χ1n) is 14.4. The maximum atomic E-state index is 14.5. The van der Waals surface area contributed by atoms with E-state index >= 15 is 0 Å². The largest absolute Gasteiger partial charge is 0.404 e. The van der Waals surface area contributed by atoms with Crippen LogP contribution in [0.5, 0.6) is 0 Å². The molecule has 7 nitrogen and oxygen atoms in total. The summed E-state index contributed by atoms with van der Waals surface area (Å²) in [6, 6.07) is 30.4. The number of rotatable bonds is 10. The first-order valence-corrected chi connectivity index (χ1v) is 16.3. The van der Waals surface area contributed by atoms with Crippen LogP contribution in [0.4, 0.5) is 10.2 Å². The number of ether oxygens (including phenoxy) is 2. The SMILES string of the molecule is C=C[C@]1(CO[Si](c2ccccc2)(c2ccccc2)C(C)(C)C)O[C@@H](n2cc(F)c(N)nc2=O)C[C@@H]1OCc1ccccc1. The molecule has 0 radical (unpaired) electrons. The molecule has 224 valence electrons. The van der Waals surface area contributed by atoms with Gasteiger partial charge in [-0.1, -0.05) is 118 Å². The lowest BCUT2D eigenvalue weighted by atomic mass is 9.97. The van der Waals surface area contributed by atoms with Crippen molar-refractivity contribution in [3.63, 3.8) is 0 Å². The molecular weight excluding hydrogens is 561 g/mol. The number of aromatic nitrogens is 2. The van der Waals surface area contributed by atoms with Gasteiger partial charge in [-0.3, -0.25) is 4.57 Å². The molecule has 2 N–H and O–H groups in total. The molecule has 5 rings (SSSR count). The van der Waals surface area contributed by atoms with Gasteiger partial charge in [0.2, 0.25) is 0 Å². The maximum absolute atomic E-state index is 14.5. The highest BCUT2D eigenvalue weighted by atomic mass is 28.4. The van der Waals surface area contributed by atoms with E-state index in [-0.39, 0.29) is 18.1 Å². The second kappa shape index (κ2) is 12.4. The van der Waals surface area contributed by atoms with Gasteiger partial charge in [-0.05, 0) is 21.0 Å². The molecule has 0 amide bonds. The van der Waals surface area contributed by atoms with Gasteiger partial charge >= 0.3 is 5.69 Å². The summed E-state index contributed by atoms with van der Waals surface area (Å²) >= 11 is 0. The van der Waals surface area contributed by atoms with Crippen molar-refractivity contribution < 1.29 is 18.3 Å². The van der Waals surface area contributed by atoms with Crippen molar-refractivity contribution in [1.29, 1.82) is 0 Å². The highest BCUT2D eigenvalue weighted by Crippen LogP contribution is 2.43. The highest BCUT2D eigenvalue weighted by Gasteiger charge is 2.55. The van der Waals surface area contributed by atoms with E-state index < -0.39 is 43.6 Å². The van der Waals surface area contributed by atoms with Gasteiger partial charge in [0.15, 0.2) is 11.6 Å². The summed E-state index contributed by atoms with van der Waals surface area (Å²) in [5.74, 6) is -1.26. The van der Waals surface area contributed by atoms with Crippen LogP contribution in [0.1, 0.15) is 39.0 Å². The smallest absolute Gasteiger partial charge is 0.351 e. The summed E-state index contributed by atoms with van der Waals surface area (Å²) in [6.45, 7) is 11.1. The van der Waals surface area contributed by atoms with Crippen LogP contribution in [-0.2, 0) is 20.5 Å². The summed E-state index contributed by atoms with van der Waals surface area (Å²) < 4.78 is 36.0. The van der Waals surface area contributed by atoms with E-state index in [0.717, 1.165) is 26.7 Å². The number of hydrogen-bond donors (Lipinski definition) is 1. The topological polar surface area (TPSA) is 88.6 Å². The number of hydrogen-bond acceptors (Lipinski definition) is 6. The van der Waals surface area contributed by atoms with Gasteiger partial charge < -0.3 is 19.6 Å². The van der Waals surface area contributed by atoms with Crippen molar-refractivity contribution in [3.05, 3.63) is 132 Å². The molecule has 4 aromatic rings. The third kappa shape index (κ3) is 5.99. The van der Waals surface area contributed by atoms with Gasteiger partial charge in [0, 0.05) is 6.42 Å². The van der Waals surface area contributed by atoms with E-state index in [1.54, 1.807) is 6.08 Å². The molecule has 0 unspecified atom stereocenters. The fourth-order valence-corrected chi connectivity index (χ4v) is 10.5. The van der Waals surface area contributed by atoms with Gasteiger partial charge in [-0.2, -0.15) is 4.98 Å². The number of halogens is 1. The maximum Gasteiger partial charge on any atom is 0.351 e. The normalized spacial score (nSPS) is 20.7. The van der Waals surface area contributed by atoms with Crippen molar-refractivity contribution in [2.75, 3.05) is 12.3 Å². The number of anilines is 1. The Bertz CT molecular complexity index is 1560. The van der Waals surface area contributed by atoms with E-state index in [1.807, 2.05) is 66.7 Å². The Balaban J connectivity index is 1.56. The minimum atomic E-state index is -2.97. The average molecular weight is 600 g/mol. The third-order valence-electron chi connectivity index (χ3n) is 8.13. The lowest BCUT2D eigenvalue weighted by molar-refractivity contribution is -0.112. The zero-order valence-corrected chi connectivity index (χ0v) is 25.8. The van der Waals surface area contributed by atoms with Crippen LogP contribution in [0, 0.1) is 5.82 Å². The fraction of sp³-hybridized carbons (Fsp3) is 0.294. The molecule has 0 aliphatic carbocycles. The summed E-state index contributed by atoms with van der Waals surface area (Å²) in [4.78, 5) is 16.5. The molecule has 1 fully saturated rings. The van der Waals surface area contributed by atoms with Crippen molar-refractivity contribution in [3.8, 4) is 0 Å². The number of nitrogen functional groups attached to an aromatic ring is 1. The Morgan fingerprint density at radius 2 is 1.60 bits per heavy atom. The van der Waals surface area contributed by atoms with Gasteiger partial charge in [0.25, 0.3) is 8.32 Å². The molecular formula is C34H38FN3O4Si. The Kier molecular flexibility index (Phi) is 8.80. The van der Waals surface area contributed by atoms with E-state index in [9.17, 15) is 9.18 Å². The summed E-state index contributed by atoms with van der Waals surface area (Å²) in [6.07, 6.45) is 1.52. The highest BCUT2D eigenvalue weighted by molar-refractivity contribution is 6.99. The van der Waals surface area contributed by atoms with Crippen LogP contribution in [0.25, 0.3) is 0 Å². The lowest BCUT2D eigenvalue weighted by Crippen LogP contribution is -2.68. The Morgan fingerprint density at radius 1 is 1.05 bits per heavy atom. The number of nitrogens with zero attached hydrogens (tertiary/aromatic N) is 2. The molecule has 0 spiro atoms. The lowest BCUT2D eigenvalue weighted by Gasteiger charge is -2.45. The molecule has 2 heterocycles. The molecule has 1 saturated heterocycles. The third-order valence-corrected chi connectivity index (χ3v) is 13.1. The average Bonchev–Trinajstić information content (AvgIpc) is 3.37. The molecule has 9 heteroatoms. The second-order valence-corrected chi connectivity index (χ2v) is 16.2. The van der Waals surface area contributed by atoms with Crippen LogP contribution < -0.4 is 21.8 Å². The summed E-state index contributed by atoms with van der Waals surface area (Å²) in [5.41, 5.74) is 4.67. The molecule has 0 bridgehead atoms. The first-order chi connectivity index (χ1) is 20.6. The molecule has 1 aliphatic rings. The van der Waals surface area contributed by atoms with Crippen molar-refractivity contribution >= 4 is 24.5 Å². The molecule has 3 aromatic carbocycles. The molecule has 43 heavy (non-hydrogen) atoms. The quantitative estimate of drug-likeness (QED) is 0.205. The molecule has 1 aromatic heterocycles. The summed E-state index contributed by atoms with van der Waals surface area (Å²) in [7, 11) is -2.97. The predicted molar refractivity (Wildman–Crippen MR) is 169 cm³/mol. The molecule has 1 aliphatic heterocycles. The van der Waals surface area contributed by atoms with E-state index in [0.29, 0.717) is 6.61 Å². The fourth-order valence-electron chi connectivity index (χ4n) is 5.92. The van der Waals surface area contributed by atoms with Crippen LogP contribution >= 0.6 is 0 Å². The minimum absolute atomic E-state index is 0.0966. The minimum Gasteiger partial charge on any atom is -0.404 e. The Morgan fingerprint density at radius 3 is 2.14 bits per heavy atom. The van der Waals surface area contributed by atoms with Crippen molar-refractivity contribution in [2.24, 2.45) is 0 Å².